The number of amides is 3. The SMILES string of the molecule is O=CC(CCCC1SC[C@@H]2NC(=O)N[C@H]12)n1cnc(CNC(=O)c2cc3ccccc3oc2=O)c1. The van der Waals surface area contributed by atoms with Gasteiger partial charge in [-0.1, -0.05) is 18.2 Å². The van der Waals surface area contributed by atoms with Crippen molar-refractivity contribution in [1.82, 2.24) is 25.5 Å². The summed E-state index contributed by atoms with van der Waals surface area (Å²) in [6.45, 7) is 0.109. The fourth-order valence-electron chi connectivity index (χ4n) is 4.60. The summed E-state index contributed by atoms with van der Waals surface area (Å²) in [5, 5.41) is 9.61. The summed E-state index contributed by atoms with van der Waals surface area (Å²) in [4.78, 5) is 52.3. The Labute approximate surface area is 204 Å². The van der Waals surface area contributed by atoms with E-state index in [1.165, 1.54) is 6.07 Å². The molecule has 11 heteroatoms. The average Bonchev–Trinajstić information content (AvgIpc) is 3.56. The Balaban J connectivity index is 1.14. The van der Waals surface area contributed by atoms with Crippen molar-refractivity contribution in [3.8, 4) is 0 Å². The predicted molar refractivity (Wildman–Crippen MR) is 130 cm³/mol. The summed E-state index contributed by atoms with van der Waals surface area (Å²) in [5.41, 5.74) is 0.218. The van der Waals surface area contributed by atoms with E-state index in [1.807, 2.05) is 11.8 Å². The van der Waals surface area contributed by atoms with E-state index in [4.69, 9.17) is 4.42 Å². The third-order valence-corrected chi connectivity index (χ3v) is 7.95. The number of benzene rings is 1. The Hall–Kier alpha value is -3.60. The number of thioether (sulfide) groups is 1. The first-order valence-corrected chi connectivity index (χ1v) is 12.5. The zero-order valence-corrected chi connectivity index (χ0v) is 19.6. The highest BCUT2D eigenvalue weighted by atomic mass is 32.2. The molecule has 5 rings (SSSR count). The Morgan fingerprint density at radius 3 is 3.03 bits per heavy atom. The lowest BCUT2D eigenvalue weighted by Crippen LogP contribution is -2.36. The molecule has 3 amide bonds. The zero-order chi connectivity index (χ0) is 24.4. The van der Waals surface area contributed by atoms with E-state index in [1.54, 1.807) is 41.4 Å². The molecular weight excluding hydrogens is 470 g/mol. The summed E-state index contributed by atoms with van der Waals surface area (Å²) >= 11 is 1.85. The number of carbonyl (C=O) groups excluding carboxylic acids is 3. The zero-order valence-electron chi connectivity index (χ0n) is 18.8. The average molecular weight is 496 g/mol. The molecule has 3 N–H and O–H groups in total. The molecule has 4 heterocycles. The number of urea groups is 1. The molecule has 0 spiro atoms. The highest BCUT2D eigenvalue weighted by Gasteiger charge is 2.42. The van der Waals surface area contributed by atoms with Gasteiger partial charge in [-0.05, 0) is 31.4 Å². The Morgan fingerprint density at radius 2 is 2.17 bits per heavy atom. The minimum Gasteiger partial charge on any atom is -0.422 e. The van der Waals surface area contributed by atoms with Crippen molar-refractivity contribution in [2.24, 2.45) is 0 Å². The molecule has 2 fully saturated rings. The van der Waals surface area contributed by atoms with Gasteiger partial charge in [0.25, 0.3) is 5.91 Å². The lowest BCUT2D eigenvalue weighted by Gasteiger charge is -2.18. The van der Waals surface area contributed by atoms with E-state index in [0.717, 1.165) is 24.9 Å². The standard InChI is InChI=1S/C24H25N5O5S/c30-11-16(5-3-7-20-21-18(12-35-20)27-24(33)28-21)29-10-15(26-13-29)9-25-22(31)17-8-14-4-1-2-6-19(14)34-23(17)32/h1-2,4,6,8,10-11,13,16,18,20-21H,3,5,7,9,12H2,(H,25,31)(H2,27,28,33)/t16?,18-,20?,21-/m0/s1. The van der Waals surface area contributed by atoms with E-state index in [-0.39, 0.29) is 36.3 Å². The van der Waals surface area contributed by atoms with Crippen LogP contribution in [0.3, 0.4) is 0 Å². The van der Waals surface area contributed by atoms with Crippen LogP contribution >= 0.6 is 11.8 Å². The maximum atomic E-state index is 12.6. The van der Waals surface area contributed by atoms with Crippen LogP contribution in [0.15, 0.2) is 52.1 Å². The van der Waals surface area contributed by atoms with Crippen molar-refractivity contribution >= 4 is 41.0 Å². The van der Waals surface area contributed by atoms with Gasteiger partial charge in [0.15, 0.2) is 0 Å². The summed E-state index contributed by atoms with van der Waals surface area (Å²) in [6.07, 6.45) is 6.59. The van der Waals surface area contributed by atoms with Gasteiger partial charge in [-0.3, -0.25) is 4.79 Å². The number of aromatic nitrogens is 2. The molecule has 3 aromatic rings. The van der Waals surface area contributed by atoms with Gasteiger partial charge >= 0.3 is 11.7 Å². The van der Waals surface area contributed by atoms with E-state index >= 15 is 0 Å². The molecule has 2 aliphatic rings. The Bertz CT molecular complexity index is 1320. The van der Waals surface area contributed by atoms with Crippen LogP contribution < -0.4 is 21.6 Å². The molecule has 182 valence electrons. The summed E-state index contributed by atoms with van der Waals surface area (Å²) in [6, 6.07) is 8.37. The Kier molecular flexibility index (Phi) is 6.58. The monoisotopic (exact) mass is 495 g/mol. The molecular formula is C24H25N5O5S. The van der Waals surface area contributed by atoms with Crippen LogP contribution in [0.5, 0.6) is 0 Å². The quantitative estimate of drug-likeness (QED) is 0.235. The van der Waals surface area contributed by atoms with Gasteiger partial charge in [-0.2, -0.15) is 11.8 Å². The molecule has 0 radical (unpaired) electrons. The minimum atomic E-state index is -0.701. The number of rotatable bonds is 9. The number of fused-ring (bicyclic) bond motifs is 2. The Morgan fingerprint density at radius 1 is 1.31 bits per heavy atom. The van der Waals surface area contributed by atoms with Gasteiger partial charge in [0.2, 0.25) is 0 Å². The van der Waals surface area contributed by atoms with Crippen molar-refractivity contribution in [2.75, 3.05) is 5.75 Å². The molecule has 2 aliphatic heterocycles. The van der Waals surface area contributed by atoms with Crippen LogP contribution in [-0.2, 0) is 11.3 Å². The number of hydrogen-bond donors (Lipinski definition) is 3. The lowest BCUT2D eigenvalue weighted by atomic mass is 10.0. The van der Waals surface area contributed by atoms with Crippen molar-refractivity contribution in [1.29, 1.82) is 0 Å². The number of hydrogen-bond acceptors (Lipinski definition) is 7. The van der Waals surface area contributed by atoms with Gasteiger partial charge in [-0.15, -0.1) is 0 Å². The molecule has 10 nitrogen and oxygen atoms in total. The third-order valence-electron chi connectivity index (χ3n) is 6.44. The highest BCUT2D eigenvalue weighted by Crippen LogP contribution is 2.33. The second-order valence-corrected chi connectivity index (χ2v) is 10.0. The van der Waals surface area contributed by atoms with E-state index in [9.17, 15) is 19.2 Å². The minimum absolute atomic E-state index is 0.0745. The second kappa shape index (κ2) is 9.95. The van der Waals surface area contributed by atoms with Crippen molar-refractivity contribution < 1.29 is 18.8 Å². The molecule has 2 saturated heterocycles. The maximum Gasteiger partial charge on any atom is 0.349 e. The topological polar surface area (TPSA) is 135 Å². The van der Waals surface area contributed by atoms with Crippen molar-refractivity contribution in [2.45, 2.75) is 49.2 Å². The fourth-order valence-corrected chi connectivity index (χ4v) is 6.14. The van der Waals surface area contributed by atoms with Crippen LogP contribution in [0.25, 0.3) is 11.0 Å². The van der Waals surface area contributed by atoms with Crippen LogP contribution in [0.4, 0.5) is 4.79 Å². The number of carbonyl (C=O) groups is 3. The normalized spacial score (nSPS) is 21.8. The van der Waals surface area contributed by atoms with Crippen molar-refractivity contribution in [3.05, 3.63) is 64.5 Å². The first kappa shape index (κ1) is 23.2. The molecule has 1 aromatic carbocycles. The highest BCUT2D eigenvalue weighted by molar-refractivity contribution is 8.00. The van der Waals surface area contributed by atoms with Crippen LogP contribution in [0.2, 0.25) is 0 Å². The van der Waals surface area contributed by atoms with Gasteiger partial charge in [0.1, 0.15) is 17.4 Å². The third kappa shape index (κ3) is 4.95. The summed E-state index contributed by atoms with van der Waals surface area (Å²) in [7, 11) is 0. The predicted octanol–water partition coefficient (Wildman–Crippen LogP) is 2.00. The molecule has 4 atom stereocenters. The number of aldehydes is 1. The van der Waals surface area contributed by atoms with Gasteiger partial charge in [0.05, 0.1) is 36.7 Å². The van der Waals surface area contributed by atoms with Gasteiger partial charge < -0.3 is 29.7 Å². The van der Waals surface area contributed by atoms with E-state index in [2.05, 4.69) is 20.9 Å². The molecule has 0 saturated carbocycles. The number of para-hydroxylation sites is 1. The molecule has 0 bridgehead atoms. The lowest BCUT2D eigenvalue weighted by molar-refractivity contribution is -0.110. The van der Waals surface area contributed by atoms with Crippen LogP contribution in [-0.4, -0.2) is 50.9 Å². The smallest absolute Gasteiger partial charge is 0.349 e. The van der Waals surface area contributed by atoms with Gasteiger partial charge in [0, 0.05) is 22.6 Å². The molecule has 0 aliphatic carbocycles. The second-order valence-electron chi connectivity index (χ2n) is 8.74. The van der Waals surface area contributed by atoms with Crippen LogP contribution in [0.1, 0.15) is 41.4 Å². The molecule has 35 heavy (non-hydrogen) atoms. The largest absolute Gasteiger partial charge is 0.422 e. The van der Waals surface area contributed by atoms with Crippen LogP contribution in [0, 0.1) is 0 Å². The van der Waals surface area contributed by atoms with E-state index < -0.39 is 11.5 Å². The first-order valence-electron chi connectivity index (χ1n) is 11.5. The summed E-state index contributed by atoms with van der Waals surface area (Å²) in [5.74, 6) is 0.356. The maximum absolute atomic E-state index is 12.6. The van der Waals surface area contributed by atoms with Gasteiger partial charge in [-0.25, -0.2) is 14.6 Å². The number of nitrogens with one attached hydrogen (secondary N) is 3. The van der Waals surface area contributed by atoms with Crippen molar-refractivity contribution in [3.63, 3.8) is 0 Å². The fraction of sp³-hybridized carbons (Fsp3) is 0.375. The first-order chi connectivity index (χ1) is 17.0. The number of imidazole rings is 1. The summed E-state index contributed by atoms with van der Waals surface area (Å²) < 4.78 is 6.96. The van der Waals surface area contributed by atoms with E-state index in [0.29, 0.717) is 28.3 Å². The number of nitrogens with zero attached hydrogens (tertiary/aromatic N) is 2. The molecule has 2 aromatic heterocycles. The molecule has 2 unspecified atom stereocenters.